The fourth-order valence-electron chi connectivity index (χ4n) is 7.91. The van der Waals surface area contributed by atoms with Crippen LogP contribution < -0.4 is 10.6 Å². The van der Waals surface area contributed by atoms with E-state index in [4.69, 9.17) is 9.47 Å². The molecular formula is C38H58N2O4. The van der Waals surface area contributed by atoms with Crippen LogP contribution in [0.1, 0.15) is 113 Å². The molecule has 2 aliphatic carbocycles. The zero-order valence-electron chi connectivity index (χ0n) is 26.9. The molecule has 4 N–H and O–H groups in total. The van der Waals surface area contributed by atoms with E-state index in [9.17, 15) is 10.2 Å². The fourth-order valence-corrected chi connectivity index (χ4v) is 7.91. The van der Waals surface area contributed by atoms with Crippen molar-refractivity contribution in [1.29, 1.82) is 0 Å². The molecule has 0 spiro atoms. The Morgan fingerprint density at radius 3 is 1.27 bits per heavy atom. The normalized spacial score (nSPS) is 26.9. The largest absolute Gasteiger partial charge is 0.508 e. The van der Waals surface area contributed by atoms with Crippen LogP contribution in [0.3, 0.4) is 0 Å². The maximum absolute atomic E-state index is 9.62. The molecule has 0 atom stereocenters. The molecule has 0 aromatic heterocycles. The summed E-state index contributed by atoms with van der Waals surface area (Å²) in [5, 5.41) is 26.6. The molecule has 0 bridgehead atoms. The molecule has 6 rings (SSSR count). The van der Waals surface area contributed by atoms with Crippen molar-refractivity contribution in [2.24, 2.45) is 11.8 Å². The SMILES string of the molecule is Oc1cccc(C2CCC(CCNC3CCOCC3)CC2)c1.Oc1cccc(C2CCC(CCNC3CCOCC3)CC2)c1. The van der Waals surface area contributed by atoms with E-state index in [1.54, 1.807) is 12.1 Å². The molecule has 2 saturated heterocycles. The molecule has 4 aliphatic rings. The number of phenolic OH excluding ortho intramolecular Hbond substituents is 2. The highest BCUT2D eigenvalue weighted by Crippen LogP contribution is 2.39. The van der Waals surface area contributed by atoms with Gasteiger partial charge in [-0.05, 0) is 162 Å². The maximum Gasteiger partial charge on any atom is 0.115 e. The van der Waals surface area contributed by atoms with Crippen molar-refractivity contribution in [2.45, 2.75) is 114 Å². The minimum absolute atomic E-state index is 0.403. The number of hydrogen-bond donors (Lipinski definition) is 4. The average molecular weight is 607 g/mol. The number of benzene rings is 2. The third-order valence-electron chi connectivity index (χ3n) is 10.8. The van der Waals surface area contributed by atoms with Crippen LogP contribution in [0.25, 0.3) is 0 Å². The van der Waals surface area contributed by atoms with E-state index in [0.29, 0.717) is 35.4 Å². The molecule has 4 fully saturated rings. The Morgan fingerprint density at radius 2 is 0.909 bits per heavy atom. The van der Waals surface area contributed by atoms with Gasteiger partial charge in [0.25, 0.3) is 0 Å². The lowest BCUT2D eigenvalue weighted by Crippen LogP contribution is -2.36. The lowest BCUT2D eigenvalue weighted by molar-refractivity contribution is 0.0773. The summed E-state index contributed by atoms with van der Waals surface area (Å²) in [7, 11) is 0. The van der Waals surface area contributed by atoms with Gasteiger partial charge in [-0.3, -0.25) is 0 Å². The summed E-state index contributed by atoms with van der Waals surface area (Å²) in [5.41, 5.74) is 2.64. The highest BCUT2D eigenvalue weighted by Gasteiger charge is 2.24. The number of ether oxygens (including phenoxy) is 2. The third kappa shape index (κ3) is 11.0. The van der Waals surface area contributed by atoms with Crippen LogP contribution in [0.5, 0.6) is 11.5 Å². The summed E-state index contributed by atoms with van der Waals surface area (Å²) in [5.74, 6) is 3.85. The molecule has 2 heterocycles. The molecule has 244 valence electrons. The Hall–Kier alpha value is -2.12. The molecule has 0 radical (unpaired) electrons. The van der Waals surface area contributed by atoms with Crippen molar-refractivity contribution in [1.82, 2.24) is 10.6 Å². The number of phenols is 2. The Bertz CT molecular complexity index is 983. The first kappa shape index (κ1) is 33.2. The molecule has 0 amide bonds. The smallest absolute Gasteiger partial charge is 0.115 e. The first-order valence-corrected chi connectivity index (χ1v) is 17.8. The Balaban J connectivity index is 0.000000175. The van der Waals surface area contributed by atoms with Gasteiger partial charge in [0.15, 0.2) is 0 Å². The first-order valence-electron chi connectivity index (χ1n) is 17.8. The van der Waals surface area contributed by atoms with E-state index < -0.39 is 0 Å². The Labute approximate surface area is 266 Å². The van der Waals surface area contributed by atoms with Gasteiger partial charge < -0.3 is 30.3 Å². The van der Waals surface area contributed by atoms with Gasteiger partial charge in [-0.1, -0.05) is 24.3 Å². The Kier molecular flexibility index (Phi) is 13.7. The summed E-state index contributed by atoms with van der Waals surface area (Å²) in [6.45, 7) is 6.01. The average Bonchev–Trinajstić information content (AvgIpc) is 3.07. The van der Waals surface area contributed by atoms with Crippen LogP contribution in [0.4, 0.5) is 0 Å². The van der Waals surface area contributed by atoms with Crippen molar-refractivity contribution < 1.29 is 19.7 Å². The summed E-state index contributed by atoms with van der Waals surface area (Å²) >= 11 is 0. The van der Waals surface area contributed by atoms with E-state index >= 15 is 0 Å². The van der Waals surface area contributed by atoms with E-state index in [1.165, 1.54) is 101 Å². The second-order valence-corrected chi connectivity index (χ2v) is 13.9. The van der Waals surface area contributed by atoms with E-state index in [-0.39, 0.29) is 0 Å². The molecule has 2 aromatic carbocycles. The van der Waals surface area contributed by atoms with Crippen LogP contribution in [-0.4, -0.2) is 61.8 Å². The van der Waals surface area contributed by atoms with Gasteiger partial charge in [-0.2, -0.15) is 0 Å². The first-order chi connectivity index (χ1) is 21.6. The standard InChI is InChI=1S/2C19H29NO2/c2*21-19-3-1-2-17(14-19)16-6-4-15(5-7-16)8-11-20-18-9-12-22-13-10-18/h2*1-3,14-16,18,20-21H,4-13H2. The van der Waals surface area contributed by atoms with Crippen molar-refractivity contribution in [2.75, 3.05) is 39.5 Å². The summed E-state index contributed by atoms with van der Waals surface area (Å²) < 4.78 is 10.8. The summed E-state index contributed by atoms with van der Waals surface area (Å²) in [6, 6.07) is 17.0. The van der Waals surface area contributed by atoms with Gasteiger partial charge in [-0.25, -0.2) is 0 Å². The maximum atomic E-state index is 9.62. The molecule has 6 heteroatoms. The van der Waals surface area contributed by atoms with Crippen LogP contribution in [-0.2, 0) is 9.47 Å². The minimum Gasteiger partial charge on any atom is -0.508 e. The van der Waals surface area contributed by atoms with Gasteiger partial charge in [0, 0.05) is 38.5 Å². The number of nitrogens with one attached hydrogen (secondary N) is 2. The van der Waals surface area contributed by atoms with Gasteiger partial charge in [0.05, 0.1) is 0 Å². The second kappa shape index (κ2) is 18.1. The lowest BCUT2D eigenvalue weighted by atomic mass is 9.77. The van der Waals surface area contributed by atoms with Crippen molar-refractivity contribution in [3.8, 4) is 11.5 Å². The highest BCUT2D eigenvalue weighted by molar-refractivity contribution is 5.30. The molecule has 44 heavy (non-hydrogen) atoms. The fraction of sp³-hybridized carbons (Fsp3) is 0.684. The monoisotopic (exact) mass is 606 g/mol. The number of aromatic hydroxyl groups is 2. The zero-order chi connectivity index (χ0) is 30.4. The third-order valence-corrected chi connectivity index (χ3v) is 10.8. The second-order valence-electron chi connectivity index (χ2n) is 13.9. The van der Waals surface area contributed by atoms with Gasteiger partial charge in [0.2, 0.25) is 0 Å². The van der Waals surface area contributed by atoms with Crippen molar-refractivity contribution in [3.63, 3.8) is 0 Å². The van der Waals surface area contributed by atoms with Crippen LogP contribution in [0.2, 0.25) is 0 Å². The topological polar surface area (TPSA) is 83.0 Å². The van der Waals surface area contributed by atoms with Gasteiger partial charge in [-0.15, -0.1) is 0 Å². The number of hydrogen-bond acceptors (Lipinski definition) is 6. The van der Waals surface area contributed by atoms with Crippen molar-refractivity contribution in [3.05, 3.63) is 59.7 Å². The zero-order valence-corrected chi connectivity index (χ0v) is 26.9. The Morgan fingerprint density at radius 1 is 0.523 bits per heavy atom. The number of rotatable bonds is 10. The lowest BCUT2D eigenvalue weighted by Gasteiger charge is -2.30. The predicted molar refractivity (Wildman–Crippen MR) is 179 cm³/mol. The van der Waals surface area contributed by atoms with Crippen LogP contribution in [0, 0.1) is 11.8 Å². The molecule has 6 nitrogen and oxygen atoms in total. The molecule has 2 aromatic rings. The summed E-state index contributed by atoms with van der Waals surface area (Å²) in [6.07, 6.45) is 17.7. The minimum atomic E-state index is 0.403. The van der Waals surface area contributed by atoms with E-state index in [2.05, 4.69) is 22.8 Å². The van der Waals surface area contributed by atoms with Crippen molar-refractivity contribution >= 4 is 0 Å². The molecule has 0 unspecified atom stereocenters. The quantitative estimate of drug-likeness (QED) is 0.222. The van der Waals surface area contributed by atoms with Gasteiger partial charge >= 0.3 is 0 Å². The molecule has 2 saturated carbocycles. The van der Waals surface area contributed by atoms with E-state index in [1.807, 2.05) is 24.3 Å². The van der Waals surface area contributed by atoms with Crippen LogP contribution in [0.15, 0.2) is 48.5 Å². The summed E-state index contributed by atoms with van der Waals surface area (Å²) in [4.78, 5) is 0. The molecule has 2 aliphatic heterocycles. The van der Waals surface area contributed by atoms with Gasteiger partial charge in [0.1, 0.15) is 11.5 Å². The van der Waals surface area contributed by atoms with E-state index in [0.717, 1.165) is 51.4 Å². The van der Waals surface area contributed by atoms with Crippen LogP contribution >= 0.6 is 0 Å². The highest BCUT2D eigenvalue weighted by atomic mass is 16.5. The molecular weight excluding hydrogens is 548 g/mol. The predicted octanol–water partition coefficient (Wildman–Crippen LogP) is 7.65.